The van der Waals surface area contributed by atoms with Crippen molar-refractivity contribution < 1.29 is 14.3 Å². The summed E-state index contributed by atoms with van der Waals surface area (Å²) in [6.45, 7) is 0. The van der Waals surface area contributed by atoms with E-state index in [0.717, 1.165) is 10.5 Å². The van der Waals surface area contributed by atoms with Crippen molar-refractivity contribution in [2.45, 2.75) is 4.90 Å². The normalized spacial score (nSPS) is 9.93. The topological polar surface area (TPSA) is 55.4 Å². The third kappa shape index (κ3) is 6.41. The van der Waals surface area contributed by atoms with Crippen LogP contribution in [0.5, 0.6) is 0 Å². The summed E-state index contributed by atoms with van der Waals surface area (Å²) in [5.41, 5.74) is 2.57. The summed E-state index contributed by atoms with van der Waals surface area (Å²) in [4.78, 5) is 24.8. The number of thioether (sulfide) groups is 1. The van der Waals surface area contributed by atoms with E-state index in [-0.39, 0.29) is 11.7 Å². The maximum absolute atomic E-state index is 12.2. The Morgan fingerprint density at radius 2 is 1.63 bits per heavy atom. The van der Waals surface area contributed by atoms with Crippen LogP contribution in [0.15, 0.2) is 77.7 Å². The third-order valence-electron chi connectivity index (χ3n) is 3.96. The van der Waals surface area contributed by atoms with Crippen molar-refractivity contribution in [2.75, 3.05) is 18.2 Å². The number of amides is 1. The number of hydrogen-bond donors (Lipinski definition) is 1. The number of carbonyl (C=O) groups is 2. The molecule has 0 aliphatic carbocycles. The zero-order valence-corrected chi connectivity index (χ0v) is 17.7. The predicted octanol–water partition coefficient (Wildman–Crippen LogP) is 5.26. The third-order valence-corrected chi connectivity index (χ3v) is 5.23. The largest absolute Gasteiger partial charge is 0.465 e. The number of nitrogens with one attached hydrogen (secondary N) is 1. The molecular formula is C24H18ClNO3S. The van der Waals surface area contributed by atoms with Crippen molar-refractivity contribution in [3.05, 3.63) is 94.5 Å². The lowest BCUT2D eigenvalue weighted by molar-refractivity contribution is -0.113. The van der Waals surface area contributed by atoms with Crippen LogP contribution in [0, 0.1) is 11.8 Å². The van der Waals surface area contributed by atoms with E-state index >= 15 is 0 Å². The Morgan fingerprint density at radius 1 is 0.967 bits per heavy atom. The number of benzene rings is 3. The molecule has 0 atom stereocenters. The number of halogens is 1. The lowest BCUT2D eigenvalue weighted by Crippen LogP contribution is -2.13. The van der Waals surface area contributed by atoms with Gasteiger partial charge >= 0.3 is 5.97 Å². The zero-order valence-electron chi connectivity index (χ0n) is 16.1. The first-order valence-corrected chi connectivity index (χ1v) is 10.4. The fourth-order valence-electron chi connectivity index (χ4n) is 2.54. The van der Waals surface area contributed by atoms with Crippen molar-refractivity contribution in [1.29, 1.82) is 0 Å². The van der Waals surface area contributed by atoms with Crippen molar-refractivity contribution in [2.24, 2.45) is 0 Å². The minimum absolute atomic E-state index is 0.106. The highest BCUT2D eigenvalue weighted by atomic mass is 35.5. The number of ether oxygens (including phenoxy) is 1. The van der Waals surface area contributed by atoms with Gasteiger partial charge in [0.1, 0.15) is 0 Å². The maximum atomic E-state index is 12.2. The molecule has 0 bridgehead atoms. The van der Waals surface area contributed by atoms with Gasteiger partial charge in [0.15, 0.2) is 0 Å². The van der Waals surface area contributed by atoms with E-state index < -0.39 is 5.97 Å². The minimum Gasteiger partial charge on any atom is -0.465 e. The molecule has 0 aliphatic rings. The molecule has 150 valence electrons. The van der Waals surface area contributed by atoms with Crippen LogP contribution in [0.25, 0.3) is 0 Å². The van der Waals surface area contributed by atoms with E-state index in [4.69, 9.17) is 16.3 Å². The first-order chi connectivity index (χ1) is 14.5. The van der Waals surface area contributed by atoms with Gasteiger partial charge < -0.3 is 10.1 Å². The van der Waals surface area contributed by atoms with Crippen LogP contribution in [0.2, 0.25) is 5.02 Å². The molecule has 3 aromatic carbocycles. The summed E-state index contributed by atoms with van der Waals surface area (Å²) < 4.78 is 4.73. The monoisotopic (exact) mass is 435 g/mol. The molecule has 1 N–H and O–H groups in total. The van der Waals surface area contributed by atoms with Gasteiger partial charge in [-0.2, -0.15) is 0 Å². The quantitative estimate of drug-likeness (QED) is 0.337. The molecule has 4 nitrogen and oxygen atoms in total. The molecule has 0 aromatic heterocycles. The number of hydrogen-bond acceptors (Lipinski definition) is 4. The van der Waals surface area contributed by atoms with E-state index in [0.29, 0.717) is 21.8 Å². The molecule has 0 aliphatic heterocycles. The molecule has 0 fully saturated rings. The van der Waals surface area contributed by atoms with Gasteiger partial charge in [-0.1, -0.05) is 35.6 Å². The summed E-state index contributed by atoms with van der Waals surface area (Å²) in [5, 5.41) is 3.54. The lowest BCUT2D eigenvalue weighted by Gasteiger charge is -2.06. The van der Waals surface area contributed by atoms with E-state index in [1.54, 1.807) is 30.3 Å². The van der Waals surface area contributed by atoms with Gasteiger partial charge in [0.2, 0.25) is 5.91 Å². The Kier molecular flexibility index (Phi) is 7.56. The van der Waals surface area contributed by atoms with Gasteiger partial charge in [0, 0.05) is 26.7 Å². The molecular weight excluding hydrogens is 418 g/mol. The zero-order chi connectivity index (χ0) is 21.3. The summed E-state index contributed by atoms with van der Waals surface area (Å²) in [7, 11) is 1.34. The summed E-state index contributed by atoms with van der Waals surface area (Å²) in [6, 6.07) is 21.6. The van der Waals surface area contributed by atoms with Crippen molar-refractivity contribution in [1.82, 2.24) is 0 Å². The fraction of sp³-hybridized carbons (Fsp3) is 0.0833. The number of rotatable bonds is 5. The van der Waals surface area contributed by atoms with E-state index in [1.165, 1.54) is 18.9 Å². The lowest BCUT2D eigenvalue weighted by atomic mass is 10.1. The Bertz CT molecular complexity index is 1120. The van der Waals surface area contributed by atoms with Crippen LogP contribution >= 0.6 is 23.4 Å². The molecule has 0 spiro atoms. The van der Waals surface area contributed by atoms with Crippen molar-refractivity contribution in [3.8, 4) is 11.8 Å². The Labute approximate surface area is 184 Å². The molecule has 0 unspecified atom stereocenters. The highest BCUT2D eigenvalue weighted by molar-refractivity contribution is 8.00. The van der Waals surface area contributed by atoms with Crippen LogP contribution in [0.3, 0.4) is 0 Å². The molecule has 3 aromatic rings. The maximum Gasteiger partial charge on any atom is 0.337 e. The standard InChI is InChI=1S/C24H18ClNO3S/c1-29-24(28)19-6-2-4-17(14-19)8-9-18-5-3-7-21(15-18)26-23(27)16-30-22-12-10-20(25)11-13-22/h2-7,10-15H,16H2,1H3,(H,26,27). The molecule has 0 radical (unpaired) electrons. The van der Waals surface area contributed by atoms with Gasteiger partial charge in [-0.3, -0.25) is 4.79 Å². The van der Waals surface area contributed by atoms with Crippen LogP contribution in [-0.2, 0) is 9.53 Å². The predicted molar refractivity (Wildman–Crippen MR) is 121 cm³/mol. The fourth-order valence-corrected chi connectivity index (χ4v) is 3.36. The van der Waals surface area contributed by atoms with E-state index in [2.05, 4.69) is 17.2 Å². The first-order valence-electron chi connectivity index (χ1n) is 9.02. The number of anilines is 1. The van der Waals surface area contributed by atoms with Crippen LogP contribution in [0.1, 0.15) is 21.5 Å². The van der Waals surface area contributed by atoms with E-state index in [9.17, 15) is 9.59 Å². The van der Waals surface area contributed by atoms with Gasteiger partial charge in [-0.05, 0) is 60.7 Å². The van der Waals surface area contributed by atoms with Crippen molar-refractivity contribution in [3.63, 3.8) is 0 Å². The number of carbonyl (C=O) groups excluding carboxylic acids is 2. The van der Waals surface area contributed by atoms with Crippen LogP contribution in [0.4, 0.5) is 5.69 Å². The average Bonchev–Trinajstić information content (AvgIpc) is 2.77. The second-order valence-electron chi connectivity index (χ2n) is 6.19. The molecule has 6 heteroatoms. The Morgan fingerprint density at radius 3 is 2.33 bits per heavy atom. The Balaban J connectivity index is 1.62. The summed E-state index contributed by atoms with van der Waals surface area (Å²) in [5.74, 6) is 5.86. The van der Waals surface area contributed by atoms with Gasteiger partial charge in [0.05, 0.1) is 18.4 Å². The highest BCUT2D eigenvalue weighted by Crippen LogP contribution is 2.20. The summed E-state index contributed by atoms with van der Waals surface area (Å²) >= 11 is 7.31. The molecule has 30 heavy (non-hydrogen) atoms. The van der Waals surface area contributed by atoms with Gasteiger partial charge in [-0.15, -0.1) is 11.8 Å². The summed E-state index contributed by atoms with van der Waals surface area (Å²) in [6.07, 6.45) is 0. The molecule has 0 saturated heterocycles. The van der Waals surface area contributed by atoms with Gasteiger partial charge in [0.25, 0.3) is 0 Å². The van der Waals surface area contributed by atoms with E-state index in [1.807, 2.05) is 42.5 Å². The van der Waals surface area contributed by atoms with Crippen molar-refractivity contribution >= 4 is 40.9 Å². The SMILES string of the molecule is COC(=O)c1cccc(C#Cc2cccc(NC(=O)CSc3ccc(Cl)cc3)c2)c1. The highest BCUT2D eigenvalue weighted by Gasteiger charge is 2.05. The molecule has 0 saturated carbocycles. The van der Waals surface area contributed by atoms with Gasteiger partial charge in [-0.25, -0.2) is 4.79 Å². The second-order valence-corrected chi connectivity index (χ2v) is 7.68. The minimum atomic E-state index is -0.403. The molecule has 3 rings (SSSR count). The smallest absolute Gasteiger partial charge is 0.337 e. The first kappa shape index (κ1) is 21.5. The molecule has 1 amide bonds. The second kappa shape index (κ2) is 10.5. The Hall–Kier alpha value is -3.20. The molecule has 0 heterocycles. The average molecular weight is 436 g/mol. The van der Waals surface area contributed by atoms with Crippen LogP contribution in [-0.4, -0.2) is 24.7 Å². The van der Waals surface area contributed by atoms with Crippen LogP contribution < -0.4 is 5.32 Å². The number of methoxy groups -OCH3 is 1. The number of esters is 1.